The third-order valence-corrected chi connectivity index (χ3v) is 7.12. The van der Waals surface area contributed by atoms with Crippen molar-refractivity contribution in [2.75, 3.05) is 11.1 Å². The molecule has 0 amide bonds. The Bertz CT molecular complexity index is 1240. The lowest BCUT2D eigenvalue weighted by atomic mass is 9.87. The van der Waals surface area contributed by atoms with Gasteiger partial charge in [0.2, 0.25) is 11.1 Å². The third kappa shape index (κ3) is 5.45. The van der Waals surface area contributed by atoms with Crippen LogP contribution in [0.3, 0.4) is 0 Å². The molecule has 7 heteroatoms. The molecule has 2 aromatic carbocycles. The third-order valence-electron chi connectivity index (χ3n) is 6.08. The molecule has 0 bridgehead atoms. The number of aromatic nitrogens is 3. The second-order valence-corrected chi connectivity index (χ2v) is 11.0. The van der Waals surface area contributed by atoms with E-state index in [4.69, 9.17) is 9.84 Å². The van der Waals surface area contributed by atoms with E-state index in [9.17, 15) is 4.79 Å². The van der Waals surface area contributed by atoms with Crippen LogP contribution in [0.25, 0.3) is 0 Å². The molecule has 1 aliphatic heterocycles. The summed E-state index contributed by atoms with van der Waals surface area (Å²) in [4.78, 5) is 17.5. The predicted molar refractivity (Wildman–Crippen MR) is 142 cm³/mol. The Hall–Kier alpha value is -3.06. The molecule has 0 saturated heterocycles. The van der Waals surface area contributed by atoms with Crippen molar-refractivity contribution in [3.05, 3.63) is 76.5 Å². The van der Waals surface area contributed by atoms with Gasteiger partial charge in [-0.05, 0) is 42.9 Å². The van der Waals surface area contributed by atoms with Gasteiger partial charge in [-0.15, -0.1) is 5.10 Å². The number of nitrogens with zero attached hydrogens (tertiary/aromatic N) is 3. The van der Waals surface area contributed by atoms with E-state index < -0.39 is 6.04 Å². The average molecular weight is 491 g/mol. The number of Topliss-reactive ketones (excluding diaryl/α,β-unsaturated/α-hetero) is 1. The highest BCUT2D eigenvalue weighted by Gasteiger charge is 2.34. The van der Waals surface area contributed by atoms with Crippen LogP contribution in [0.5, 0.6) is 5.75 Å². The minimum absolute atomic E-state index is 0.00326. The molecular weight excluding hydrogens is 456 g/mol. The largest absolute Gasteiger partial charge is 0.489 e. The Morgan fingerprint density at radius 2 is 1.86 bits per heavy atom. The lowest BCUT2D eigenvalue weighted by molar-refractivity contribution is -0.114. The molecule has 1 unspecified atom stereocenters. The van der Waals surface area contributed by atoms with E-state index in [-0.39, 0.29) is 11.2 Å². The quantitative estimate of drug-likeness (QED) is 0.362. The van der Waals surface area contributed by atoms with Gasteiger partial charge in [0.15, 0.2) is 5.78 Å². The van der Waals surface area contributed by atoms with Gasteiger partial charge in [-0.2, -0.15) is 4.98 Å². The van der Waals surface area contributed by atoms with Crippen molar-refractivity contribution in [3.8, 4) is 5.75 Å². The highest BCUT2D eigenvalue weighted by atomic mass is 32.2. The number of allylic oxidation sites excluding steroid dienone is 2. The Labute approximate surface area is 212 Å². The number of carbonyl (C=O) groups excluding carboxylic acids is 1. The number of benzene rings is 2. The molecule has 0 fully saturated rings. The molecule has 35 heavy (non-hydrogen) atoms. The SMILES string of the molecule is CCCSc1nc2n(n1)C(c1ccccc1OCc1ccc(C(C)(C)C)cc1)C(C(C)=O)=C(C)N2. The van der Waals surface area contributed by atoms with E-state index >= 15 is 0 Å². The zero-order chi connectivity index (χ0) is 25.2. The molecule has 0 radical (unpaired) electrons. The number of anilines is 1. The van der Waals surface area contributed by atoms with Crippen molar-refractivity contribution < 1.29 is 9.53 Å². The number of carbonyl (C=O) groups is 1. The smallest absolute Gasteiger partial charge is 0.227 e. The highest BCUT2D eigenvalue weighted by molar-refractivity contribution is 7.99. The van der Waals surface area contributed by atoms with Crippen molar-refractivity contribution in [1.82, 2.24) is 14.8 Å². The maximum Gasteiger partial charge on any atom is 0.227 e. The molecule has 1 aliphatic rings. The van der Waals surface area contributed by atoms with Crippen LogP contribution in [-0.4, -0.2) is 26.3 Å². The molecule has 3 aromatic rings. The first-order chi connectivity index (χ1) is 16.7. The molecule has 0 saturated carbocycles. The first-order valence-electron chi connectivity index (χ1n) is 12.1. The van der Waals surface area contributed by atoms with Gasteiger partial charge in [-0.1, -0.05) is 81.9 Å². The van der Waals surface area contributed by atoms with Gasteiger partial charge < -0.3 is 10.1 Å². The molecule has 0 spiro atoms. The maximum atomic E-state index is 12.8. The van der Waals surface area contributed by atoms with Crippen LogP contribution < -0.4 is 10.1 Å². The normalized spacial score (nSPS) is 15.5. The number of fused-ring (bicyclic) bond motifs is 1. The number of thioether (sulfide) groups is 1. The van der Waals surface area contributed by atoms with E-state index in [0.29, 0.717) is 23.3 Å². The van der Waals surface area contributed by atoms with Crippen LogP contribution in [0.2, 0.25) is 0 Å². The lowest BCUT2D eigenvalue weighted by Crippen LogP contribution is -2.28. The first kappa shape index (κ1) is 25.0. The van der Waals surface area contributed by atoms with Crippen LogP contribution in [0.4, 0.5) is 5.95 Å². The van der Waals surface area contributed by atoms with E-state index in [1.54, 1.807) is 18.7 Å². The Kier molecular flexibility index (Phi) is 7.36. The standard InChI is InChI=1S/C28H34N4O2S/c1-7-16-35-27-30-26-29-18(2)24(19(3)33)25(32(26)31-27)22-10-8-9-11-23(22)34-17-20-12-14-21(15-13-20)28(4,5)6/h8-15,25H,7,16-17H2,1-6H3,(H,29,30,31). The van der Waals surface area contributed by atoms with Crippen molar-refractivity contribution >= 4 is 23.5 Å². The van der Waals surface area contributed by atoms with Crippen LogP contribution >= 0.6 is 11.8 Å². The molecule has 4 rings (SSSR count). The van der Waals surface area contributed by atoms with Gasteiger partial charge in [-0.25, -0.2) is 4.68 Å². The van der Waals surface area contributed by atoms with E-state index in [2.05, 4.69) is 62.3 Å². The van der Waals surface area contributed by atoms with E-state index in [0.717, 1.165) is 34.7 Å². The monoisotopic (exact) mass is 490 g/mol. The highest BCUT2D eigenvalue weighted by Crippen LogP contribution is 2.40. The summed E-state index contributed by atoms with van der Waals surface area (Å²) in [7, 11) is 0. The predicted octanol–water partition coefficient (Wildman–Crippen LogP) is 6.53. The molecule has 6 nitrogen and oxygen atoms in total. The summed E-state index contributed by atoms with van der Waals surface area (Å²) in [5, 5.41) is 8.75. The fraction of sp³-hybridized carbons (Fsp3) is 0.393. The van der Waals surface area contributed by atoms with Crippen LogP contribution in [0.1, 0.15) is 70.7 Å². The number of nitrogens with one attached hydrogen (secondary N) is 1. The number of ether oxygens (including phenoxy) is 1. The molecule has 1 aromatic heterocycles. The van der Waals surface area contributed by atoms with Gasteiger partial charge >= 0.3 is 0 Å². The van der Waals surface area contributed by atoms with Crippen molar-refractivity contribution in [2.24, 2.45) is 0 Å². The second kappa shape index (κ2) is 10.3. The number of ketones is 1. The fourth-order valence-corrected chi connectivity index (χ4v) is 4.91. The summed E-state index contributed by atoms with van der Waals surface area (Å²) in [5.41, 5.74) is 4.85. The van der Waals surface area contributed by atoms with Crippen molar-refractivity contribution in [2.45, 2.75) is 71.2 Å². The Balaban J connectivity index is 1.67. The van der Waals surface area contributed by atoms with Crippen molar-refractivity contribution in [3.63, 3.8) is 0 Å². The molecule has 184 valence electrons. The summed E-state index contributed by atoms with van der Waals surface area (Å²) in [6.45, 7) is 12.7. The van der Waals surface area contributed by atoms with Gasteiger partial charge in [0.25, 0.3) is 0 Å². The van der Waals surface area contributed by atoms with Crippen LogP contribution in [0.15, 0.2) is 65.0 Å². The number of hydrogen-bond donors (Lipinski definition) is 1. The van der Waals surface area contributed by atoms with Crippen molar-refractivity contribution in [1.29, 1.82) is 0 Å². The van der Waals surface area contributed by atoms with Crippen LogP contribution in [0, 0.1) is 0 Å². The molecule has 0 aliphatic carbocycles. The number of rotatable bonds is 8. The zero-order valence-electron chi connectivity index (χ0n) is 21.4. The van der Waals surface area contributed by atoms with E-state index in [1.807, 2.05) is 35.9 Å². The summed E-state index contributed by atoms with van der Waals surface area (Å²) in [6.07, 6.45) is 1.04. The van der Waals surface area contributed by atoms with Gasteiger partial charge in [0.05, 0.1) is 0 Å². The maximum absolute atomic E-state index is 12.8. The van der Waals surface area contributed by atoms with Gasteiger partial charge in [0.1, 0.15) is 18.4 Å². The fourth-order valence-electron chi connectivity index (χ4n) is 4.23. The average Bonchev–Trinajstić information content (AvgIpc) is 3.22. The van der Waals surface area contributed by atoms with Gasteiger partial charge in [0, 0.05) is 22.6 Å². The Morgan fingerprint density at radius 1 is 1.14 bits per heavy atom. The molecule has 1 N–H and O–H groups in total. The first-order valence-corrected chi connectivity index (χ1v) is 13.1. The summed E-state index contributed by atoms with van der Waals surface area (Å²) < 4.78 is 8.15. The van der Waals surface area contributed by atoms with E-state index in [1.165, 1.54) is 5.56 Å². The minimum Gasteiger partial charge on any atom is -0.489 e. The Morgan fingerprint density at radius 3 is 2.51 bits per heavy atom. The molecule has 2 heterocycles. The van der Waals surface area contributed by atoms with Crippen LogP contribution in [-0.2, 0) is 16.8 Å². The minimum atomic E-state index is -0.410. The lowest BCUT2D eigenvalue weighted by Gasteiger charge is -2.29. The summed E-state index contributed by atoms with van der Waals surface area (Å²) >= 11 is 1.62. The summed E-state index contributed by atoms with van der Waals surface area (Å²) in [5.74, 6) is 2.31. The second-order valence-electron chi connectivity index (χ2n) is 9.91. The topological polar surface area (TPSA) is 69.0 Å². The zero-order valence-corrected chi connectivity index (χ0v) is 22.2. The molecule has 1 atom stereocenters. The molecular formula is C28H34N4O2S. The van der Waals surface area contributed by atoms with Gasteiger partial charge in [-0.3, -0.25) is 4.79 Å². The number of hydrogen-bond acceptors (Lipinski definition) is 6. The summed E-state index contributed by atoms with van der Waals surface area (Å²) in [6, 6.07) is 16.0. The number of para-hydroxylation sites is 1.